The second kappa shape index (κ2) is 9.56. The first-order valence-corrected chi connectivity index (χ1v) is 10.8. The third-order valence-corrected chi connectivity index (χ3v) is 5.81. The van der Waals surface area contributed by atoms with Crippen LogP contribution in [-0.2, 0) is 4.74 Å². The van der Waals surface area contributed by atoms with Gasteiger partial charge in [0, 0.05) is 12.2 Å². The minimum atomic E-state index is -1.08. The Kier molecular flexibility index (Phi) is 7.13. The van der Waals surface area contributed by atoms with Gasteiger partial charge in [-0.05, 0) is 24.5 Å². The average Bonchev–Trinajstić information content (AvgIpc) is 3.22. The van der Waals surface area contributed by atoms with Crippen LogP contribution in [0.4, 0.5) is 5.82 Å². The lowest BCUT2D eigenvalue weighted by molar-refractivity contribution is -0.0289. The summed E-state index contributed by atoms with van der Waals surface area (Å²) in [6.07, 6.45) is 2.10. The molecule has 0 radical (unpaired) electrons. The van der Waals surface area contributed by atoms with Crippen LogP contribution in [0.15, 0.2) is 6.33 Å². The zero-order valence-electron chi connectivity index (χ0n) is 16.2. The molecule has 0 amide bonds. The Morgan fingerprint density at radius 1 is 1.25 bits per heavy atom. The number of nitrogens with two attached hydrogens (primary N) is 1. The van der Waals surface area contributed by atoms with E-state index in [0.717, 1.165) is 31.4 Å². The summed E-state index contributed by atoms with van der Waals surface area (Å²) in [5, 5.41) is 20.9. The molecule has 1 unspecified atom stereocenters. The Bertz CT molecular complexity index is 862. The third kappa shape index (κ3) is 4.41. The van der Waals surface area contributed by atoms with Gasteiger partial charge >= 0.3 is 0 Å². The Labute approximate surface area is 168 Å². The highest BCUT2D eigenvalue weighted by Crippen LogP contribution is 2.33. The van der Waals surface area contributed by atoms with E-state index in [-0.39, 0.29) is 5.82 Å². The van der Waals surface area contributed by atoms with Crippen molar-refractivity contribution in [1.29, 1.82) is 0 Å². The monoisotopic (exact) mass is 405 g/mol. The summed E-state index contributed by atoms with van der Waals surface area (Å²) >= 11 is 1.69. The maximum atomic E-state index is 10.5. The minimum absolute atomic E-state index is 0.228. The molecule has 0 aliphatic carbocycles. The van der Waals surface area contributed by atoms with Gasteiger partial charge in [-0.2, -0.15) is 11.8 Å². The molecule has 28 heavy (non-hydrogen) atoms. The van der Waals surface area contributed by atoms with Gasteiger partial charge in [0.25, 0.3) is 0 Å². The van der Waals surface area contributed by atoms with Crippen molar-refractivity contribution in [2.24, 2.45) is 0 Å². The quantitative estimate of drug-likeness (QED) is 0.470. The highest BCUT2D eigenvalue weighted by Gasteiger charge is 2.44. The van der Waals surface area contributed by atoms with E-state index in [1.165, 1.54) is 6.33 Å². The molecule has 0 spiro atoms. The van der Waals surface area contributed by atoms with Crippen molar-refractivity contribution in [3.63, 3.8) is 0 Å². The molecule has 9 heteroatoms. The summed E-state index contributed by atoms with van der Waals surface area (Å²) in [7, 11) is 0. The number of ether oxygens (including phenoxy) is 1. The number of fused-ring (bicyclic) bond motifs is 1. The number of hydrogen-bond donors (Lipinski definition) is 3. The summed E-state index contributed by atoms with van der Waals surface area (Å²) in [6.45, 7) is 4.21. The van der Waals surface area contributed by atoms with Gasteiger partial charge in [-0.3, -0.25) is 4.57 Å². The van der Waals surface area contributed by atoms with Crippen molar-refractivity contribution in [1.82, 2.24) is 19.5 Å². The first kappa shape index (κ1) is 20.9. The van der Waals surface area contributed by atoms with Gasteiger partial charge in [0.1, 0.15) is 17.7 Å². The lowest BCUT2D eigenvalue weighted by Crippen LogP contribution is -2.32. The largest absolute Gasteiger partial charge is 0.387 e. The summed E-state index contributed by atoms with van der Waals surface area (Å²) in [5.74, 6) is 8.11. The highest BCUT2D eigenvalue weighted by molar-refractivity contribution is 7.99. The number of anilines is 1. The van der Waals surface area contributed by atoms with E-state index in [0.29, 0.717) is 22.7 Å². The van der Waals surface area contributed by atoms with Crippen LogP contribution in [-0.4, -0.2) is 59.5 Å². The fourth-order valence-electron chi connectivity index (χ4n) is 3.03. The maximum absolute atomic E-state index is 10.5. The number of nitrogens with zero attached hydrogens (tertiary/aromatic N) is 4. The molecular formula is C19H27N5O3S. The number of imidazole rings is 1. The molecular weight excluding hydrogens is 378 g/mol. The Morgan fingerprint density at radius 2 is 2.07 bits per heavy atom. The summed E-state index contributed by atoms with van der Waals surface area (Å²) in [6, 6.07) is 0. The van der Waals surface area contributed by atoms with Crippen LogP contribution in [0.3, 0.4) is 0 Å². The van der Waals surface area contributed by atoms with Crippen molar-refractivity contribution in [2.45, 2.75) is 64.1 Å². The Morgan fingerprint density at radius 3 is 2.82 bits per heavy atom. The highest BCUT2D eigenvalue weighted by atomic mass is 32.2. The van der Waals surface area contributed by atoms with Gasteiger partial charge in [0.05, 0.1) is 12.4 Å². The molecule has 2 aromatic rings. The zero-order chi connectivity index (χ0) is 20.1. The zero-order valence-corrected chi connectivity index (χ0v) is 17.0. The first-order chi connectivity index (χ1) is 13.6. The maximum Gasteiger partial charge on any atom is 0.208 e. The van der Waals surface area contributed by atoms with E-state index in [4.69, 9.17) is 10.5 Å². The molecule has 0 aromatic carbocycles. The van der Waals surface area contributed by atoms with Gasteiger partial charge in [-0.25, -0.2) is 15.0 Å². The molecule has 1 saturated heterocycles. The SMILES string of the molecule is CCCCC#Cc1nc(N)c2ncn([C@@H]3O[C@H](CSCCC)[C@H](O)C3O)c2n1. The molecule has 3 heterocycles. The predicted molar refractivity (Wildman–Crippen MR) is 110 cm³/mol. The lowest BCUT2D eigenvalue weighted by atomic mass is 10.1. The summed E-state index contributed by atoms with van der Waals surface area (Å²) in [5.41, 5.74) is 6.88. The molecule has 0 bridgehead atoms. The van der Waals surface area contributed by atoms with Crippen molar-refractivity contribution < 1.29 is 14.9 Å². The van der Waals surface area contributed by atoms with Gasteiger partial charge in [0.2, 0.25) is 5.82 Å². The number of aliphatic hydroxyl groups excluding tert-OH is 2. The summed E-state index contributed by atoms with van der Waals surface area (Å²) in [4.78, 5) is 12.9. The smallest absolute Gasteiger partial charge is 0.208 e. The van der Waals surface area contributed by atoms with Gasteiger partial charge in [-0.15, -0.1) is 0 Å². The average molecular weight is 406 g/mol. The molecule has 1 fully saturated rings. The first-order valence-electron chi connectivity index (χ1n) is 9.65. The minimum Gasteiger partial charge on any atom is -0.387 e. The van der Waals surface area contributed by atoms with Crippen LogP contribution in [0.5, 0.6) is 0 Å². The van der Waals surface area contributed by atoms with Crippen LogP contribution in [0.2, 0.25) is 0 Å². The van der Waals surface area contributed by atoms with E-state index in [1.807, 2.05) is 0 Å². The van der Waals surface area contributed by atoms with E-state index in [2.05, 4.69) is 40.6 Å². The van der Waals surface area contributed by atoms with E-state index < -0.39 is 24.5 Å². The van der Waals surface area contributed by atoms with E-state index in [1.54, 1.807) is 16.3 Å². The number of thioether (sulfide) groups is 1. The fourth-order valence-corrected chi connectivity index (χ4v) is 3.99. The number of nitrogen functional groups attached to an aromatic ring is 1. The molecule has 4 N–H and O–H groups in total. The predicted octanol–water partition coefficient (Wildman–Crippen LogP) is 1.71. The van der Waals surface area contributed by atoms with Crippen molar-refractivity contribution >= 4 is 28.7 Å². The molecule has 3 rings (SSSR count). The van der Waals surface area contributed by atoms with Crippen LogP contribution in [0.1, 0.15) is 51.6 Å². The summed E-state index contributed by atoms with van der Waals surface area (Å²) < 4.78 is 7.54. The second-order valence-corrected chi connectivity index (χ2v) is 7.93. The number of unbranched alkanes of at least 4 members (excludes halogenated alkanes) is 2. The van der Waals surface area contributed by atoms with Gasteiger partial charge in [0.15, 0.2) is 17.7 Å². The topological polar surface area (TPSA) is 119 Å². The molecule has 8 nitrogen and oxygen atoms in total. The van der Waals surface area contributed by atoms with Crippen molar-refractivity contribution in [3.05, 3.63) is 12.2 Å². The van der Waals surface area contributed by atoms with Crippen LogP contribution in [0, 0.1) is 11.8 Å². The van der Waals surface area contributed by atoms with Crippen LogP contribution < -0.4 is 5.73 Å². The van der Waals surface area contributed by atoms with Gasteiger partial charge in [-0.1, -0.05) is 26.2 Å². The van der Waals surface area contributed by atoms with Crippen LogP contribution >= 0.6 is 11.8 Å². The molecule has 4 atom stereocenters. The normalized spacial score (nSPS) is 24.4. The molecule has 152 valence electrons. The Hall–Kier alpha value is -1.86. The molecule has 0 saturated carbocycles. The van der Waals surface area contributed by atoms with E-state index in [9.17, 15) is 10.2 Å². The van der Waals surface area contributed by atoms with Crippen LogP contribution in [0.25, 0.3) is 11.2 Å². The lowest BCUT2D eigenvalue weighted by Gasteiger charge is -2.16. The van der Waals surface area contributed by atoms with Crippen molar-refractivity contribution in [2.75, 3.05) is 17.2 Å². The van der Waals surface area contributed by atoms with Crippen molar-refractivity contribution in [3.8, 4) is 11.8 Å². The fraction of sp³-hybridized carbons (Fsp3) is 0.632. The number of aliphatic hydroxyl groups is 2. The molecule has 1 aliphatic heterocycles. The Balaban J connectivity index is 1.86. The molecule has 1 aliphatic rings. The molecule has 2 aromatic heterocycles. The van der Waals surface area contributed by atoms with E-state index >= 15 is 0 Å². The second-order valence-electron chi connectivity index (χ2n) is 6.78. The number of rotatable bonds is 7. The third-order valence-electron chi connectivity index (χ3n) is 4.55. The number of hydrogen-bond acceptors (Lipinski definition) is 8. The number of aromatic nitrogens is 4. The standard InChI is InChI=1S/C19H27N5O3S/c1-3-5-6-7-8-13-22-17(20)14-18(23-13)24(11-21-14)19-16(26)15(25)12(27-19)10-28-9-4-2/h11-12,15-16,19,25-26H,3-6,9-10H2,1-2H3,(H2,20,22,23)/t12-,15+,16?,19-/m1/s1. The van der Waals surface area contributed by atoms with Gasteiger partial charge < -0.3 is 20.7 Å².